The zero-order chi connectivity index (χ0) is 25.5. The molecule has 1 aliphatic rings. The number of hydrogen-bond donors (Lipinski definition) is 1. The summed E-state index contributed by atoms with van der Waals surface area (Å²) in [5, 5.41) is 2.51. The first kappa shape index (κ1) is 24.6. The summed E-state index contributed by atoms with van der Waals surface area (Å²) in [6.07, 6.45) is 1.88. The fraction of sp³-hybridized carbons (Fsp3) is 0.192. The van der Waals surface area contributed by atoms with Gasteiger partial charge < -0.3 is 24.3 Å². The van der Waals surface area contributed by atoms with Gasteiger partial charge in [0.05, 0.1) is 19.7 Å². The van der Waals surface area contributed by atoms with Gasteiger partial charge in [-0.1, -0.05) is 42.5 Å². The fourth-order valence-corrected chi connectivity index (χ4v) is 3.38. The highest BCUT2D eigenvalue weighted by Crippen LogP contribution is 2.24. The SMILES string of the molecule is COC(=O)Cc1ccc(CNC(=O)c2cc(F)cnc2OC2=COC(Cc3ccccc3)O2)c(F)c1. The molecule has 0 aliphatic carbocycles. The second-order valence-electron chi connectivity index (χ2n) is 7.78. The van der Waals surface area contributed by atoms with Gasteiger partial charge in [-0.25, -0.2) is 13.8 Å². The molecule has 1 aliphatic heterocycles. The number of pyridine rings is 1. The van der Waals surface area contributed by atoms with Crippen LogP contribution in [0, 0.1) is 11.6 Å². The third-order valence-corrected chi connectivity index (χ3v) is 5.20. The highest BCUT2D eigenvalue weighted by Gasteiger charge is 2.25. The maximum Gasteiger partial charge on any atom is 0.325 e. The van der Waals surface area contributed by atoms with Gasteiger partial charge in [0.25, 0.3) is 5.91 Å². The molecule has 1 atom stereocenters. The quantitative estimate of drug-likeness (QED) is 0.450. The lowest BCUT2D eigenvalue weighted by Gasteiger charge is -2.13. The predicted molar refractivity (Wildman–Crippen MR) is 122 cm³/mol. The highest BCUT2D eigenvalue weighted by atomic mass is 19.1. The van der Waals surface area contributed by atoms with Crippen LogP contribution in [0.15, 0.2) is 73.0 Å². The summed E-state index contributed by atoms with van der Waals surface area (Å²) in [4.78, 5) is 28.0. The second-order valence-corrected chi connectivity index (χ2v) is 7.78. The maximum atomic E-state index is 14.4. The van der Waals surface area contributed by atoms with Crippen molar-refractivity contribution in [2.24, 2.45) is 0 Å². The van der Waals surface area contributed by atoms with E-state index in [0.29, 0.717) is 12.0 Å². The van der Waals surface area contributed by atoms with E-state index in [2.05, 4.69) is 15.0 Å². The number of nitrogens with one attached hydrogen (secondary N) is 1. The molecule has 3 aromatic rings. The minimum atomic E-state index is -0.759. The van der Waals surface area contributed by atoms with E-state index in [4.69, 9.17) is 14.2 Å². The Morgan fingerprint density at radius 1 is 1.08 bits per heavy atom. The summed E-state index contributed by atoms with van der Waals surface area (Å²) in [5.41, 5.74) is 1.37. The Balaban J connectivity index is 1.38. The molecule has 1 N–H and O–H groups in total. The van der Waals surface area contributed by atoms with E-state index < -0.39 is 29.8 Å². The van der Waals surface area contributed by atoms with Gasteiger partial charge in [-0.3, -0.25) is 9.59 Å². The molecule has 1 aromatic heterocycles. The van der Waals surface area contributed by atoms with E-state index in [9.17, 15) is 18.4 Å². The Hall–Kier alpha value is -4.47. The van der Waals surface area contributed by atoms with Gasteiger partial charge in [-0.15, -0.1) is 0 Å². The lowest BCUT2D eigenvalue weighted by Crippen LogP contribution is -2.24. The van der Waals surface area contributed by atoms with E-state index in [1.54, 1.807) is 6.07 Å². The van der Waals surface area contributed by atoms with E-state index in [1.165, 1.54) is 25.5 Å². The second kappa shape index (κ2) is 11.3. The summed E-state index contributed by atoms with van der Waals surface area (Å²) in [6.45, 7) is -0.194. The van der Waals surface area contributed by atoms with Gasteiger partial charge in [-0.2, -0.15) is 0 Å². The van der Waals surface area contributed by atoms with Gasteiger partial charge in [0, 0.05) is 18.5 Å². The molecule has 36 heavy (non-hydrogen) atoms. The average molecular weight is 496 g/mol. The van der Waals surface area contributed by atoms with Gasteiger partial charge in [0.2, 0.25) is 12.2 Å². The van der Waals surface area contributed by atoms with Crippen LogP contribution in [0.3, 0.4) is 0 Å². The summed E-state index contributed by atoms with van der Waals surface area (Å²) < 4.78 is 49.4. The number of esters is 1. The van der Waals surface area contributed by atoms with E-state index in [0.717, 1.165) is 17.8 Å². The first-order valence-electron chi connectivity index (χ1n) is 10.9. The van der Waals surface area contributed by atoms with E-state index >= 15 is 0 Å². The molecule has 0 radical (unpaired) electrons. The van der Waals surface area contributed by atoms with Crippen molar-refractivity contribution in [1.82, 2.24) is 10.3 Å². The molecule has 2 heterocycles. The number of benzene rings is 2. The Morgan fingerprint density at radius 3 is 2.64 bits per heavy atom. The molecule has 186 valence electrons. The van der Waals surface area contributed by atoms with Gasteiger partial charge in [-0.05, 0) is 23.3 Å². The van der Waals surface area contributed by atoms with Gasteiger partial charge >= 0.3 is 11.9 Å². The number of methoxy groups -OCH3 is 1. The maximum absolute atomic E-state index is 14.4. The van der Waals surface area contributed by atoms with Crippen molar-refractivity contribution in [2.45, 2.75) is 25.7 Å². The predicted octanol–water partition coefficient (Wildman–Crippen LogP) is 3.80. The van der Waals surface area contributed by atoms with Crippen LogP contribution in [0.5, 0.6) is 5.88 Å². The largest absolute Gasteiger partial charge is 0.469 e. The van der Waals surface area contributed by atoms with E-state index in [-0.39, 0.29) is 35.9 Å². The number of carbonyl (C=O) groups excluding carboxylic acids is 2. The minimum Gasteiger partial charge on any atom is -0.469 e. The molecule has 8 nitrogen and oxygen atoms in total. The number of halogens is 2. The normalized spacial score (nSPS) is 14.3. The molecule has 10 heteroatoms. The minimum absolute atomic E-state index is 0.0451. The van der Waals surface area contributed by atoms with Crippen molar-refractivity contribution in [3.05, 3.63) is 107 Å². The van der Waals surface area contributed by atoms with Crippen molar-refractivity contribution < 1.29 is 37.3 Å². The first-order chi connectivity index (χ1) is 17.4. The number of rotatable bonds is 9. The Bertz CT molecular complexity index is 1280. The summed E-state index contributed by atoms with van der Waals surface area (Å²) in [5.74, 6) is -2.87. The number of ether oxygens (including phenoxy) is 4. The zero-order valence-corrected chi connectivity index (χ0v) is 19.2. The van der Waals surface area contributed by atoms with Gasteiger partial charge in [0.1, 0.15) is 17.2 Å². The summed E-state index contributed by atoms with van der Waals surface area (Å²) in [6, 6.07) is 14.7. The lowest BCUT2D eigenvalue weighted by molar-refractivity contribution is -0.139. The molecule has 2 aromatic carbocycles. The molecule has 4 rings (SSSR count). The van der Waals surface area contributed by atoms with Crippen LogP contribution in [-0.2, 0) is 38.4 Å². The number of carbonyl (C=O) groups is 2. The Labute approximate surface area is 205 Å². The third kappa shape index (κ3) is 6.35. The van der Waals surface area contributed by atoms with Crippen LogP contribution >= 0.6 is 0 Å². The number of amides is 1. The summed E-state index contributed by atoms with van der Waals surface area (Å²) in [7, 11) is 1.24. The van der Waals surface area contributed by atoms with Crippen LogP contribution in [0.1, 0.15) is 27.0 Å². The molecule has 1 amide bonds. The average Bonchev–Trinajstić information content (AvgIpc) is 3.31. The molecule has 0 saturated carbocycles. The number of aromatic nitrogens is 1. The monoisotopic (exact) mass is 496 g/mol. The molecule has 1 unspecified atom stereocenters. The zero-order valence-electron chi connectivity index (χ0n) is 19.2. The van der Waals surface area contributed by atoms with Crippen LogP contribution in [0.25, 0.3) is 0 Å². The standard InChI is InChI=1S/C26H22F2N2O6/c1-33-22(31)10-17-7-8-18(21(28)9-17)13-29-25(32)20-12-19(27)14-30-26(20)36-24-15-34-23(35-24)11-16-5-3-2-4-6-16/h2-9,12,14-15,23H,10-11,13H2,1H3,(H,29,32). The topological polar surface area (TPSA) is 96.0 Å². The molecule has 0 spiro atoms. The molecule has 0 saturated heterocycles. The highest BCUT2D eigenvalue weighted by molar-refractivity contribution is 5.96. The lowest BCUT2D eigenvalue weighted by atomic mass is 10.1. The first-order valence-corrected chi connectivity index (χ1v) is 10.9. The van der Waals surface area contributed by atoms with Crippen molar-refractivity contribution in [1.29, 1.82) is 0 Å². The Kier molecular flexibility index (Phi) is 7.74. The molecular formula is C26H22F2N2O6. The van der Waals surface area contributed by atoms with Crippen LogP contribution < -0.4 is 10.1 Å². The number of hydrogen-bond acceptors (Lipinski definition) is 7. The molecule has 0 fully saturated rings. The molecular weight excluding hydrogens is 474 g/mol. The third-order valence-electron chi connectivity index (χ3n) is 5.20. The Morgan fingerprint density at radius 2 is 1.89 bits per heavy atom. The van der Waals surface area contributed by atoms with Crippen molar-refractivity contribution >= 4 is 11.9 Å². The van der Waals surface area contributed by atoms with Crippen molar-refractivity contribution in [2.75, 3.05) is 7.11 Å². The summed E-state index contributed by atoms with van der Waals surface area (Å²) >= 11 is 0. The number of nitrogens with zero attached hydrogens (tertiary/aromatic N) is 1. The smallest absolute Gasteiger partial charge is 0.325 e. The fourth-order valence-electron chi connectivity index (χ4n) is 3.38. The van der Waals surface area contributed by atoms with Crippen molar-refractivity contribution in [3.63, 3.8) is 0 Å². The van der Waals surface area contributed by atoms with Crippen LogP contribution in [0.4, 0.5) is 8.78 Å². The van der Waals surface area contributed by atoms with E-state index in [1.807, 2.05) is 30.3 Å². The van der Waals surface area contributed by atoms with Crippen LogP contribution in [-0.4, -0.2) is 30.3 Å². The van der Waals surface area contributed by atoms with Crippen molar-refractivity contribution in [3.8, 4) is 5.88 Å². The molecule has 0 bridgehead atoms. The van der Waals surface area contributed by atoms with Crippen LogP contribution in [0.2, 0.25) is 0 Å². The van der Waals surface area contributed by atoms with Gasteiger partial charge in [0.15, 0.2) is 6.26 Å².